The van der Waals surface area contributed by atoms with E-state index in [-0.39, 0.29) is 12.1 Å². The van der Waals surface area contributed by atoms with Crippen LogP contribution < -0.4 is 10.6 Å². The van der Waals surface area contributed by atoms with Crippen molar-refractivity contribution in [2.45, 2.75) is 25.3 Å². The molecule has 0 fully saturated rings. The minimum atomic E-state index is -0.201. The van der Waals surface area contributed by atoms with Crippen LogP contribution in [0, 0.1) is 0 Å². The van der Waals surface area contributed by atoms with Gasteiger partial charge in [-0.3, -0.25) is 4.68 Å². The molecule has 6 nitrogen and oxygen atoms in total. The number of carbonyl (C=O) groups excluding carboxylic acids is 1. The number of benzene rings is 1. The number of aryl methyl sites for hydroxylation is 2. The highest BCUT2D eigenvalue weighted by atomic mass is 16.2. The van der Waals surface area contributed by atoms with Crippen molar-refractivity contribution in [3.8, 4) is 0 Å². The van der Waals surface area contributed by atoms with Gasteiger partial charge in [0.05, 0.1) is 23.3 Å². The molecule has 1 aliphatic rings. The normalized spacial score (nSPS) is 16.6. The molecule has 6 heteroatoms. The summed E-state index contributed by atoms with van der Waals surface area (Å²) in [6.45, 7) is 0. The van der Waals surface area contributed by atoms with Crippen molar-refractivity contribution in [2.75, 3.05) is 5.32 Å². The molecule has 0 bridgehead atoms. The number of pyridine rings is 1. The number of rotatable bonds is 2. The van der Waals surface area contributed by atoms with Crippen LogP contribution in [0.15, 0.2) is 42.7 Å². The second-order valence-corrected chi connectivity index (χ2v) is 6.11. The molecule has 1 aromatic carbocycles. The van der Waals surface area contributed by atoms with Gasteiger partial charge < -0.3 is 10.6 Å². The lowest BCUT2D eigenvalue weighted by Gasteiger charge is -2.26. The minimum absolute atomic E-state index is 0.0566. The van der Waals surface area contributed by atoms with Gasteiger partial charge >= 0.3 is 6.03 Å². The largest absolute Gasteiger partial charge is 0.331 e. The Balaban J connectivity index is 1.53. The third-order valence-electron chi connectivity index (χ3n) is 4.56. The predicted molar refractivity (Wildman–Crippen MR) is 92.8 cm³/mol. The fourth-order valence-electron chi connectivity index (χ4n) is 3.38. The lowest BCUT2D eigenvalue weighted by molar-refractivity contribution is 0.247. The van der Waals surface area contributed by atoms with Crippen molar-refractivity contribution in [1.29, 1.82) is 0 Å². The summed E-state index contributed by atoms with van der Waals surface area (Å²) in [6.07, 6.45) is 6.52. The Labute approximate surface area is 139 Å². The first kappa shape index (κ1) is 14.7. The first-order valence-corrected chi connectivity index (χ1v) is 8.14. The summed E-state index contributed by atoms with van der Waals surface area (Å²) in [5, 5.41) is 11.1. The highest BCUT2D eigenvalue weighted by Gasteiger charge is 2.21. The van der Waals surface area contributed by atoms with E-state index in [1.807, 2.05) is 13.1 Å². The summed E-state index contributed by atoms with van der Waals surface area (Å²) in [4.78, 5) is 16.8. The monoisotopic (exact) mass is 321 g/mol. The molecule has 4 rings (SSSR count). The van der Waals surface area contributed by atoms with Crippen molar-refractivity contribution >= 4 is 22.8 Å². The van der Waals surface area contributed by atoms with Crippen molar-refractivity contribution in [3.63, 3.8) is 0 Å². The number of fused-ring (bicyclic) bond motifs is 2. The molecule has 2 amide bonds. The molecule has 2 heterocycles. The molecule has 24 heavy (non-hydrogen) atoms. The number of nitrogens with one attached hydrogen (secondary N) is 2. The minimum Gasteiger partial charge on any atom is -0.331 e. The van der Waals surface area contributed by atoms with E-state index in [2.05, 4.69) is 38.9 Å². The molecule has 0 saturated heterocycles. The fraction of sp³-hybridized carbons (Fsp3) is 0.278. The molecule has 0 spiro atoms. The van der Waals surface area contributed by atoms with Crippen LogP contribution in [0.3, 0.4) is 0 Å². The van der Waals surface area contributed by atoms with E-state index in [0.29, 0.717) is 0 Å². The molecule has 0 aliphatic heterocycles. The third kappa shape index (κ3) is 2.60. The smallest absolute Gasteiger partial charge is 0.319 e. The Morgan fingerprint density at radius 1 is 1.29 bits per heavy atom. The van der Waals surface area contributed by atoms with Crippen LogP contribution in [0.5, 0.6) is 0 Å². The van der Waals surface area contributed by atoms with Crippen molar-refractivity contribution in [2.24, 2.45) is 7.05 Å². The summed E-state index contributed by atoms with van der Waals surface area (Å²) < 4.78 is 1.69. The standard InChI is InChI=1S/C18H19N5O/c1-23-17-14(11-20-23)16(9-10-19-17)22-18(24)21-15-8-4-6-12-5-2-3-7-13(12)15/h2-3,5,7,9-11,15H,4,6,8H2,1H3,(H2,19,21,22,24). The number of nitrogens with zero attached hydrogens (tertiary/aromatic N) is 3. The van der Waals surface area contributed by atoms with E-state index >= 15 is 0 Å². The summed E-state index contributed by atoms with van der Waals surface area (Å²) in [5.74, 6) is 0. The maximum absolute atomic E-state index is 12.5. The van der Waals surface area contributed by atoms with E-state index in [4.69, 9.17) is 0 Å². The maximum atomic E-state index is 12.5. The van der Waals surface area contributed by atoms with E-state index in [0.717, 1.165) is 36.0 Å². The van der Waals surface area contributed by atoms with Crippen molar-refractivity contribution in [1.82, 2.24) is 20.1 Å². The van der Waals surface area contributed by atoms with Crippen LogP contribution >= 0.6 is 0 Å². The van der Waals surface area contributed by atoms with Gasteiger partial charge in [0, 0.05) is 13.2 Å². The van der Waals surface area contributed by atoms with Crippen molar-refractivity contribution in [3.05, 3.63) is 53.9 Å². The molecule has 3 aromatic rings. The van der Waals surface area contributed by atoms with Crippen LogP contribution in [-0.4, -0.2) is 20.8 Å². The average Bonchev–Trinajstić information content (AvgIpc) is 2.98. The van der Waals surface area contributed by atoms with Gasteiger partial charge in [0.15, 0.2) is 5.65 Å². The Kier molecular flexibility index (Phi) is 3.65. The highest BCUT2D eigenvalue weighted by molar-refractivity contribution is 5.99. The van der Waals surface area contributed by atoms with Gasteiger partial charge in [-0.15, -0.1) is 0 Å². The van der Waals surface area contributed by atoms with Gasteiger partial charge in [-0.25, -0.2) is 9.78 Å². The number of urea groups is 1. The number of carbonyl (C=O) groups is 1. The molecule has 2 aromatic heterocycles. The first-order valence-electron chi connectivity index (χ1n) is 8.14. The molecule has 1 atom stereocenters. The zero-order valence-corrected chi connectivity index (χ0v) is 13.5. The molecule has 1 aliphatic carbocycles. The Morgan fingerprint density at radius 2 is 2.17 bits per heavy atom. The lowest BCUT2D eigenvalue weighted by Crippen LogP contribution is -2.34. The highest BCUT2D eigenvalue weighted by Crippen LogP contribution is 2.29. The molecule has 122 valence electrons. The molecule has 1 unspecified atom stereocenters. The number of hydrogen-bond acceptors (Lipinski definition) is 3. The predicted octanol–water partition coefficient (Wildman–Crippen LogP) is 3.17. The van der Waals surface area contributed by atoms with Crippen LogP contribution in [0.4, 0.5) is 10.5 Å². The van der Waals surface area contributed by atoms with Crippen LogP contribution in [-0.2, 0) is 13.5 Å². The molecule has 0 radical (unpaired) electrons. The van der Waals surface area contributed by atoms with Crippen LogP contribution in [0.1, 0.15) is 30.0 Å². The first-order chi connectivity index (χ1) is 11.7. The second-order valence-electron chi connectivity index (χ2n) is 6.11. The van der Waals surface area contributed by atoms with Gasteiger partial charge in [0.1, 0.15) is 0 Å². The average molecular weight is 321 g/mol. The zero-order chi connectivity index (χ0) is 16.5. The SMILES string of the molecule is Cn1ncc2c(NC(=O)NC3CCCc4ccccc43)ccnc21. The van der Waals surface area contributed by atoms with Gasteiger partial charge in [-0.1, -0.05) is 24.3 Å². The van der Waals surface area contributed by atoms with E-state index in [1.165, 1.54) is 11.1 Å². The van der Waals surface area contributed by atoms with Gasteiger partial charge in [-0.05, 0) is 36.5 Å². The second kappa shape index (κ2) is 5.96. The third-order valence-corrected chi connectivity index (χ3v) is 4.56. The summed E-state index contributed by atoms with van der Waals surface area (Å²) in [5.41, 5.74) is 4.01. The number of anilines is 1. The van der Waals surface area contributed by atoms with E-state index in [9.17, 15) is 4.79 Å². The fourth-order valence-corrected chi connectivity index (χ4v) is 3.38. The van der Waals surface area contributed by atoms with E-state index < -0.39 is 0 Å². The Morgan fingerprint density at radius 3 is 3.08 bits per heavy atom. The van der Waals surface area contributed by atoms with Gasteiger partial charge in [0.25, 0.3) is 0 Å². The topological polar surface area (TPSA) is 71.8 Å². The Hall–Kier alpha value is -2.89. The molecule has 0 saturated carbocycles. The number of hydrogen-bond donors (Lipinski definition) is 2. The Bertz CT molecular complexity index is 901. The summed E-state index contributed by atoms with van der Waals surface area (Å²) in [7, 11) is 1.83. The van der Waals surface area contributed by atoms with Crippen LogP contribution in [0.25, 0.3) is 11.0 Å². The number of amides is 2. The summed E-state index contributed by atoms with van der Waals surface area (Å²) >= 11 is 0. The quantitative estimate of drug-likeness (QED) is 0.761. The van der Waals surface area contributed by atoms with Gasteiger partial charge in [-0.2, -0.15) is 5.10 Å². The summed E-state index contributed by atoms with van der Waals surface area (Å²) in [6, 6.07) is 9.97. The number of aromatic nitrogens is 3. The maximum Gasteiger partial charge on any atom is 0.319 e. The van der Waals surface area contributed by atoms with E-state index in [1.54, 1.807) is 23.1 Å². The molecular weight excluding hydrogens is 302 g/mol. The lowest BCUT2D eigenvalue weighted by atomic mass is 9.88. The van der Waals surface area contributed by atoms with Gasteiger partial charge in [0.2, 0.25) is 0 Å². The van der Waals surface area contributed by atoms with Crippen LogP contribution in [0.2, 0.25) is 0 Å². The zero-order valence-electron chi connectivity index (χ0n) is 13.5. The molecular formula is C18H19N5O. The van der Waals surface area contributed by atoms with Crippen molar-refractivity contribution < 1.29 is 4.79 Å². The molecule has 2 N–H and O–H groups in total.